The maximum Gasteiger partial charge on any atom is 0.332 e. The summed E-state index contributed by atoms with van der Waals surface area (Å²) in [5, 5.41) is 9.58. The molecule has 0 unspecified atom stereocenters. The first-order valence-corrected chi connectivity index (χ1v) is 12.7. The van der Waals surface area contributed by atoms with Gasteiger partial charge in [-0.05, 0) is 37.4 Å². The van der Waals surface area contributed by atoms with Crippen molar-refractivity contribution in [2.45, 2.75) is 26.9 Å². The number of halogens is 1. The first-order chi connectivity index (χ1) is 15.4. The molecule has 11 heteroatoms. The number of amides is 2. The molecule has 168 valence electrons. The second-order valence-electron chi connectivity index (χ2n) is 7.16. The molecule has 32 heavy (non-hydrogen) atoms. The third-order valence-electron chi connectivity index (χ3n) is 5.10. The number of carbonyl (C=O) groups is 2. The first-order valence-electron chi connectivity index (χ1n) is 10.2. The van der Waals surface area contributed by atoms with E-state index in [0.717, 1.165) is 9.86 Å². The van der Waals surface area contributed by atoms with Gasteiger partial charge >= 0.3 is 7.60 Å². The van der Waals surface area contributed by atoms with E-state index in [4.69, 9.17) is 9.05 Å². The Kier molecular flexibility index (Phi) is 6.57. The number of imide groups is 1. The smallest absolute Gasteiger partial charge is 0.309 e. The Morgan fingerprint density at radius 2 is 1.72 bits per heavy atom. The van der Waals surface area contributed by atoms with E-state index in [1.165, 1.54) is 9.58 Å². The molecule has 0 N–H and O–H groups in total. The van der Waals surface area contributed by atoms with E-state index >= 15 is 0 Å². The lowest BCUT2D eigenvalue weighted by molar-refractivity contribution is 0.0596. The molecule has 2 heterocycles. The predicted octanol–water partition coefficient (Wildman–Crippen LogP) is 4.26. The van der Waals surface area contributed by atoms with Crippen molar-refractivity contribution >= 4 is 46.1 Å². The van der Waals surface area contributed by atoms with E-state index in [-0.39, 0.29) is 44.3 Å². The summed E-state index contributed by atoms with van der Waals surface area (Å²) in [4.78, 5) is 27.4. The molecule has 2 amide bonds. The molecule has 1 aliphatic rings. The molecule has 0 saturated heterocycles. The van der Waals surface area contributed by atoms with Crippen molar-refractivity contribution in [2.75, 3.05) is 19.4 Å². The van der Waals surface area contributed by atoms with Crippen molar-refractivity contribution in [3.05, 3.63) is 57.8 Å². The minimum absolute atomic E-state index is 0.0157. The number of benzene rings is 2. The van der Waals surface area contributed by atoms with Gasteiger partial charge in [-0.15, -0.1) is 5.10 Å². The van der Waals surface area contributed by atoms with Crippen LogP contribution in [-0.4, -0.2) is 51.1 Å². The molecule has 2 aromatic carbocycles. The average Bonchev–Trinajstić information content (AvgIpc) is 3.22. The number of carbonyl (C=O) groups excluding carboxylic acids is 2. The van der Waals surface area contributed by atoms with Crippen LogP contribution in [0.5, 0.6) is 0 Å². The fourth-order valence-electron chi connectivity index (χ4n) is 3.72. The molecule has 9 nitrogen and oxygen atoms in total. The van der Waals surface area contributed by atoms with Crippen molar-refractivity contribution in [3.8, 4) is 0 Å². The van der Waals surface area contributed by atoms with Gasteiger partial charge in [0.15, 0.2) is 0 Å². The zero-order valence-corrected chi connectivity index (χ0v) is 20.1. The summed E-state index contributed by atoms with van der Waals surface area (Å²) < 4.78 is 25.5. The van der Waals surface area contributed by atoms with Gasteiger partial charge in [0.2, 0.25) is 0 Å². The fourth-order valence-corrected chi connectivity index (χ4v) is 5.75. The molecule has 4 rings (SSSR count). The van der Waals surface area contributed by atoms with Crippen LogP contribution >= 0.6 is 23.5 Å². The summed E-state index contributed by atoms with van der Waals surface area (Å²) in [5.41, 5.74) is 1.39. The molecule has 0 atom stereocenters. The summed E-state index contributed by atoms with van der Waals surface area (Å²) in [6, 6.07) is 8.91. The molecule has 0 saturated carbocycles. The van der Waals surface area contributed by atoms with Gasteiger partial charge in [-0.2, -0.15) is 0 Å². The maximum absolute atomic E-state index is 13.1. The summed E-state index contributed by atoms with van der Waals surface area (Å²) in [7, 11) is -3.21. The van der Waals surface area contributed by atoms with Crippen molar-refractivity contribution in [1.29, 1.82) is 0 Å². The van der Waals surface area contributed by atoms with Crippen molar-refractivity contribution in [3.63, 3.8) is 0 Å². The minimum Gasteiger partial charge on any atom is -0.309 e. The van der Waals surface area contributed by atoms with Gasteiger partial charge in [0.05, 0.1) is 38.7 Å². The number of aryl methyl sites for hydroxylation is 1. The average molecular weight is 521 g/mol. The van der Waals surface area contributed by atoms with Crippen LogP contribution in [0.2, 0.25) is 0 Å². The van der Waals surface area contributed by atoms with E-state index in [2.05, 4.69) is 26.2 Å². The van der Waals surface area contributed by atoms with Gasteiger partial charge < -0.3 is 9.05 Å². The third-order valence-corrected chi connectivity index (χ3v) is 7.84. The van der Waals surface area contributed by atoms with E-state index in [1.807, 2.05) is 6.07 Å². The molecule has 1 aromatic heterocycles. The quantitative estimate of drug-likeness (QED) is 0.306. The van der Waals surface area contributed by atoms with Gasteiger partial charge in [0.25, 0.3) is 11.8 Å². The number of hydrogen-bond acceptors (Lipinski definition) is 7. The lowest BCUT2D eigenvalue weighted by Crippen LogP contribution is -2.39. The Balaban J connectivity index is 1.53. The zero-order valence-electron chi connectivity index (χ0n) is 17.7. The summed E-state index contributed by atoms with van der Waals surface area (Å²) in [6.45, 7) is 4.32. The van der Waals surface area contributed by atoms with Crippen LogP contribution in [0.1, 0.15) is 40.3 Å². The second-order valence-corrected chi connectivity index (χ2v) is 10.2. The lowest BCUT2D eigenvalue weighted by Gasteiger charge is -2.26. The van der Waals surface area contributed by atoms with Crippen LogP contribution in [0, 0.1) is 0 Å². The van der Waals surface area contributed by atoms with E-state index in [9.17, 15) is 14.2 Å². The Morgan fingerprint density at radius 3 is 2.41 bits per heavy atom. The molecule has 0 aliphatic carbocycles. The monoisotopic (exact) mass is 520 g/mol. The number of aromatic nitrogens is 3. The largest absolute Gasteiger partial charge is 0.332 e. The van der Waals surface area contributed by atoms with E-state index < -0.39 is 7.60 Å². The molecular weight excluding hydrogens is 499 g/mol. The van der Waals surface area contributed by atoms with Crippen molar-refractivity contribution in [1.82, 2.24) is 19.9 Å². The standard InChI is InChI=1S/C21H22BrN4O5P/c1-3-30-32(29,31-4-2)11-10-25-12-14(23-24-25)13-26-20(27)16-7-5-6-15-18(22)9-8-17(19(15)16)21(26)28/h5-9,12H,3-4,10-11,13H2,1-2H3. The zero-order chi connectivity index (χ0) is 22.9. The Morgan fingerprint density at radius 1 is 1.03 bits per heavy atom. The van der Waals surface area contributed by atoms with Gasteiger partial charge in [-0.3, -0.25) is 23.7 Å². The van der Waals surface area contributed by atoms with Gasteiger partial charge in [-0.25, -0.2) is 0 Å². The Labute approximate surface area is 193 Å². The highest BCUT2D eigenvalue weighted by atomic mass is 79.9. The van der Waals surface area contributed by atoms with Gasteiger partial charge in [0, 0.05) is 21.0 Å². The van der Waals surface area contributed by atoms with Crippen LogP contribution in [0.25, 0.3) is 10.8 Å². The van der Waals surface area contributed by atoms with Crippen LogP contribution in [0.4, 0.5) is 0 Å². The van der Waals surface area contributed by atoms with Gasteiger partial charge in [-0.1, -0.05) is 33.3 Å². The maximum atomic E-state index is 13.1. The number of rotatable bonds is 9. The fraction of sp³-hybridized carbons (Fsp3) is 0.333. The SMILES string of the molecule is CCOP(=O)(CCn1cc(CN2C(=O)c3cccc4c(Br)ccc(c34)C2=O)nn1)OCC. The molecular formula is C21H22BrN4O5P. The molecule has 3 aromatic rings. The first kappa shape index (κ1) is 22.8. The van der Waals surface area contributed by atoms with E-state index in [1.54, 1.807) is 44.3 Å². The van der Waals surface area contributed by atoms with Crippen molar-refractivity contribution in [2.24, 2.45) is 0 Å². The predicted molar refractivity (Wildman–Crippen MR) is 122 cm³/mol. The topological polar surface area (TPSA) is 104 Å². The summed E-state index contributed by atoms with van der Waals surface area (Å²) in [5.74, 6) is -0.754. The highest BCUT2D eigenvalue weighted by molar-refractivity contribution is 9.10. The molecule has 0 spiro atoms. The van der Waals surface area contributed by atoms with Crippen LogP contribution in [0.15, 0.2) is 41.0 Å². The highest BCUT2D eigenvalue weighted by Gasteiger charge is 2.33. The normalized spacial score (nSPS) is 13.9. The summed E-state index contributed by atoms with van der Waals surface area (Å²) in [6.07, 6.45) is 1.77. The second kappa shape index (κ2) is 9.23. The summed E-state index contributed by atoms with van der Waals surface area (Å²) >= 11 is 3.48. The van der Waals surface area contributed by atoms with Crippen LogP contribution in [-0.2, 0) is 26.7 Å². The molecule has 0 fully saturated rings. The van der Waals surface area contributed by atoms with Gasteiger partial charge in [0.1, 0.15) is 5.69 Å². The van der Waals surface area contributed by atoms with Crippen molar-refractivity contribution < 1.29 is 23.2 Å². The van der Waals surface area contributed by atoms with E-state index in [0.29, 0.717) is 22.2 Å². The molecule has 0 bridgehead atoms. The highest BCUT2D eigenvalue weighted by Crippen LogP contribution is 2.47. The molecule has 0 radical (unpaired) electrons. The van der Waals surface area contributed by atoms with Crippen LogP contribution < -0.4 is 0 Å². The van der Waals surface area contributed by atoms with Crippen LogP contribution in [0.3, 0.4) is 0 Å². The number of nitrogens with zero attached hydrogens (tertiary/aromatic N) is 4. The number of hydrogen-bond donors (Lipinski definition) is 0. The Hall–Kier alpha value is -2.39. The minimum atomic E-state index is -3.21. The molecule has 1 aliphatic heterocycles. The Bertz CT molecular complexity index is 1210. The lowest BCUT2D eigenvalue weighted by atomic mass is 9.94. The third kappa shape index (κ3) is 4.28.